The number of nitrogens with two attached hydrogens (primary N) is 1. The number of carbonyl (C=O) groups is 1. The van der Waals surface area contributed by atoms with Crippen molar-refractivity contribution in [3.05, 3.63) is 0 Å². The summed E-state index contributed by atoms with van der Waals surface area (Å²) in [6, 6.07) is 1.95. The molecule has 1 saturated carbocycles. The van der Waals surface area contributed by atoms with Crippen LogP contribution in [0.4, 0.5) is 0 Å². The first-order valence-electron chi connectivity index (χ1n) is 4.60. The van der Waals surface area contributed by atoms with Gasteiger partial charge in [0.1, 0.15) is 0 Å². The zero-order chi connectivity index (χ0) is 9.84. The molecule has 1 unspecified atom stereocenters. The van der Waals surface area contributed by atoms with Gasteiger partial charge in [0.05, 0.1) is 18.5 Å². The highest BCUT2D eigenvalue weighted by molar-refractivity contribution is 5.81. The first kappa shape index (κ1) is 10.0. The zero-order valence-electron chi connectivity index (χ0n) is 7.86. The molecule has 1 rings (SSSR count). The highest BCUT2D eigenvalue weighted by atomic mass is 16.2. The lowest BCUT2D eigenvalue weighted by Crippen LogP contribution is -2.43. The van der Waals surface area contributed by atoms with E-state index < -0.39 is 6.04 Å². The summed E-state index contributed by atoms with van der Waals surface area (Å²) < 4.78 is 0. The van der Waals surface area contributed by atoms with Gasteiger partial charge in [-0.3, -0.25) is 4.79 Å². The molecule has 0 saturated heterocycles. The molecule has 72 valence electrons. The van der Waals surface area contributed by atoms with Crippen LogP contribution in [-0.2, 0) is 4.79 Å². The SMILES string of the molecule is CC(N)C(=O)N(CCC#N)C1CC1. The lowest BCUT2D eigenvalue weighted by atomic mass is 10.3. The predicted octanol–water partition coefficient (Wildman–Crippen LogP) is 0.238. The van der Waals surface area contributed by atoms with Crippen LogP contribution >= 0.6 is 0 Å². The molecule has 0 aromatic carbocycles. The number of nitrogens with zero attached hydrogens (tertiary/aromatic N) is 2. The second-order valence-electron chi connectivity index (χ2n) is 3.46. The van der Waals surface area contributed by atoms with Crippen LogP contribution in [0.25, 0.3) is 0 Å². The fraction of sp³-hybridized carbons (Fsp3) is 0.778. The summed E-state index contributed by atoms with van der Waals surface area (Å²) >= 11 is 0. The van der Waals surface area contributed by atoms with Gasteiger partial charge in [-0.1, -0.05) is 0 Å². The Balaban J connectivity index is 2.47. The molecular weight excluding hydrogens is 166 g/mol. The van der Waals surface area contributed by atoms with Gasteiger partial charge in [0, 0.05) is 12.6 Å². The van der Waals surface area contributed by atoms with E-state index in [0.29, 0.717) is 19.0 Å². The first-order valence-corrected chi connectivity index (χ1v) is 4.60. The summed E-state index contributed by atoms with van der Waals surface area (Å²) in [4.78, 5) is 13.3. The molecule has 1 atom stereocenters. The van der Waals surface area contributed by atoms with E-state index in [4.69, 9.17) is 11.0 Å². The molecule has 0 aromatic heterocycles. The summed E-state index contributed by atoms with van der Waals surface area (Å²) in [5.41, 5.74) is 5.50. The smallest absolute Gasteiger partial charge is 0.239 e. The Morgan fingerprint density at radius 2 is 2.38 bits per heavy atom. The van der Waals surface area contributed by atoms with Crippen molar-refractivity contribution in [1.29, 1.82) is 5.26 Å². The van der Waals surface area contributed by atoms with Crippen LogP contribution in [0.2, 0.25) is 0 Å². The van der Waals surface area contributed by atoms with Crippen molar-refractivity contribution in [2.45, 2.75) is 38.3 Å². The Bertz CT molecular complexity index is 228. The summed E-state index contributed by atoms with van der Waals surface area (Å²) in [6.45, 7) is 2.21. The van der Waals surface area contributed by atoms with E-state index in [0.717, 1.165) is 12.8 Å². The lowest BCUT2D eigenvalue weighted by Gasteiger charge is -2.22. The Kier molecular flexibility index (Phi) is 3.26. The van der Waals surface area contributed by atoms with Crippen LogP contribution in [-0.4, -0.2) is 29.4 Å². The zero-order valence-corrected chi connectivity index (χ0v) is 7.86. The van der Waals surface area contributed by atoms with Crippen LogP contribution < -0.4 is 5.73 Å². The van der Waals surface area contributed by atoms with Crippen molar-refractivity contribution in [3.8, 4) is 6.07 Å². The molecule has 1 aliphatic carbocycles. The quantitative estimate of drug-likeness (QED) is 0.675. The van der Waals surface area contributed by atoms with Crippen molar-refractivity contribution in [1.82, 2.24) is 4.90 Å². The lowest BCUT2D eigenvalue weighted by molar-refractivity contribution is -0.132. The molecule has 0 aliphatic heterocycles. The van der Waals surface area contributed by atoms with Gasteiger partial charge >= 0.3 is 0 Å². The Morgan fingerprint density at radius 3 is 2.77 bits per heavy atom. The Labute approximate surface area is 78.3 Å². The van der Waals surface area contributed by atoms with Crippen LogP contribution in [0, 0.1) is 11.3 Å². The molecular formula is C9H15N3O. The minimum absolute atomic E-state index is 0.0299. The molecule has 4 nitrogen and oxygen atoms in total. The van der Waals surface area contributed by atoms with Crippen molar-refractivity contribution >= 4 is 5.91 Å². The van der Waals surface area contributed by atoms with Crippen LogP contribution in [0.1, 0.15) is 26.2 Å². The van der Waals surface area contributed by atoms with Gasteiger partial charge in [-0.05, 0) is 19.8 Å². The van der Waals surface area contributed by atoms with E-state index >= 15 is 0 Å². The minimum Gasteiger partial charge on any atom is -0.337 e. The molecule has 1 aliphatic rings. The van der Waals surface area contributed by atoms with E-state index in [9.17, 15) is 4.79 Å². The van der Waals surface area contributed by atoms with Crippen LogP contribution in [0.15, 0.2) is 0 Å². The molecule has 0 heterocycles. The number of hydrogen-bond donors (Lipinski definition) is 1. The van der Waals surface area contributed by atoms with Gasteiger partial charge < -0.3 is 10.6 Å². The number of amides is 1. The average Bonchev–Trinajstić information content (AvgIpc) is 2.88. The largest absolute Gasteiger partial charge is 0.337 e. The van der Waals surface area contributed by atoms with Gasteiger partial charge in [0.15, 0.2) is 0 Å². The van der Waals surface area contributed by atoms with Gasteiger partial charge in [-0.25, -0.2) is 0 Å². The van der Waals surface area contributed by atoms with Gasteiger partial charge in [-0.2, -0.15) is 5.26 Å². The molecule has 13 heavy (non-hydrogen) atoms. The van der Waals surface area contributed by atoms with Crippen molar-refractivity contribution in [2.24, 2.45) is 5.73 Å². The number of rotatable bonds is 4. The number of hydrogen-bond acceptors (Lipinski definition) is 3. The van der Waals surface area contributed by atoms with Gasteiger partial charge in [0.2, 0.25) is 5.91 Å². The number of carbonyl (C=O) groups excluding carboxylic acids is 1. The molecule has 4 heteroatoms. The van der Waals surface area contributed by atoms with E-state index in [1.165, 1.54) is 0 Å². The van der Waals surface area contributed by atoms with Gasteiger partial charge in [-0.15, -0.1) is 0 Å². The fourth-order valence-electron chi connectivity index (χ4n) is 1.29. The fourth-order valence-corrected chi connectivity index (χ4v) is 1.29. The topological polar surface area (TPSA) is 70.1 Å². The molecule has 2 N–H and O–H groups in total. The monoisotopic (exact) mass is 181 g/mol. The normalized spacial score (nSPS) is 17.6. The maximum absolute atomic E-state index is 11.5. The summed E-state index contributed by atoms with van der Waals surface area (Å²) in [5.74, 6) is -0.0299. The van der Waals surface area contributed by atoms with Crippen molar-refractivity contribution in [3.63, 3.8) is 0 Å². The van der Waals surface area contributed by atoms with Crippen LogP contribution in [0.3, 0.4) is 0 Å². The second kappa shape index (κ2) is 4.24. The summed E-state index contributed by atoms with van der Waals surface area (Å²) in [5, 5.41) is 8.42. The Morgan fingerprint density at radius 1 is 1.77 bits per heavy atom. The van der Waals surface area contributed by atoms with E-state index in [2.05, 4.69) is 0 Å². The van der Waals surface area contributed by atoms with Crippen molar-refractivity contribution in [2.75, 3.05) is 6.54 Å². The maximum Gasteiger partial charge on any atom is 0.239 e. The standard InChI is InChI=1S/C9H15N3O/c1-7(11)9(13)12(6-2-5-10)8-3-4-8/h7-8H,2-4,6,11H2,1H3. The molecule has 0 radical (unpaired) electrons. The third-order valence-electron chi connectivity index (χ3n) is 2.12. The van der Waals surface area contributed by atoms with Gasteiger partial charge in [0.25, 0.3) is 0 Å². The molecule has 1 fully saturated rings. The maximum atomic E-state index is 11.5. The highest BCUT2D eigenvalue weighted by Crippen LogP contribution is 2.27. The number of nitriles is 1. The summed E-state index contributed by atoms with van der Waals surface area (Å²) in [7, 11) is 0. The van der Waals surface area contributed by atoms with E-state index in [1.807, 2.05) is 6.07 Å². The highest BCUT2D eigenvalue weighted by Gasteiger charge is 2.33. The molecule has 0 spiro atoms. The minimum atomic E-state index is -0.445. The third kappa shape index (κ3) is 2.71. The van der Waals surface area contributed by atoms with E-state index in [-0.39, 0.29) is 5.91 Å². The van der Waals surface area contributed by atoms with Crippen molar-refractivity contribution < 1.29 is 4.79 Å². The molecule has 0 bridgehead atoms. The summed E-state index contributed by atoms with van der Waals surface area (Å²) in [6.07, 6.45) is 2.52. The molecule has 1 amide bonds. The van der Waals surface area contributed by atoms with Crippen LogP contribution in [0.5, 0.6) is 0 Å². The third-order valence-corrected chi connectivity index (χ3v) is 2.12. The average molecular weight is 181 g/mol. The predicted molar refractivity (Wildman–Crippen MR) is 48.6 cm³/mol. The molecule has 0 aromatic rings. The first-order chi connectivity index (χ1) is 6.16. The Hall–Kier alpha value is -1.08. The van der Waals surface area contributed by atoms with E-state index in [1.54, 1.807) is 11.8 Å². The second-order valence-corrected chi connectivity index (χ2v) is 3.46.